The van der Waals surface area contributed by atoms with Gasteiger partial charge in [-0.05, 0) is 43.7 Å². The first-order valence-corrected chi connectivity index (χ1v) is 8.43. The van der Waals surface area contributed by atoms with Crippen molar-refractivity contribution in [1.29, 1.82) is 0 Å². The van der Waals surface area contributed by atoms with Crippen LogP contribution in [0.4, 0.5) is 14.9 Å². The maximum atomic E-state index is 13.3. The molecule has 0 saturated heterocycles. The summed E-state index contributed by atoms with van der Waals surface area (Å²) in [7, 11) is 0. The zero-order valence-electron chi connectivity index (χ0n) is 15.4. The molecular weight excluding hydrogens is 351 g/mol. The first-order valence-electron chi connectivity index (χ1n) is 8.43. The summed E-state index contributed by atoms with van der Waals surface area (Å²) in [5.74, 6) is -1.49. The molecule has 0 aliphatic heterocycles. The van der Waals surface area contributed by atoms with Crippen LogP contribution in [0, 0.1) is 19.7 Å². The Labute approximate surface area is 156 Å². The van der Waals surface area contributed by atoms with E-state index in [4.69, 9.17) is 4.74 Å². The number of urea groups is 1. The lowest BCUT2D eigenvalue weighted by atomic mass is 10.1. The lowest BCUT2D eigenvalue weighted by molar-refractivity contribution is -0.121. The van der Waals surface area contributed by atoms with Crippen LogP contribution in [0.3, 0.4) is 0 Å². The van der Waals surface area contributed by atoms with Gasteiger partial charge in [-0.15, -0.1) is 0 Å². The van der Waals surface area contributed by atoms with Crippen LogP contribution in [0.15, 0.2) is 36.4 Å². The molecule has 3 amide bonds. The minimum atomic E-state index is -0.698. The van der Waals surface area contributed by atoms with Gasteiger partial charge in [-0.2, -0.15) is 0 Å². The van der Waals surface area contributed by atoms with E-state index in [1.807, 2.05) is 26.0 Å². The number of carbonyl (C=O) groups is 3. The molecule has 2 aromatic rings. The number of anilines is 1. The molecule has 0 heterocycles. The number of halogens is 1. The Balaban J connectivity index is 1.94. The lowest BCUT2D eigenvalue weighted by Crippen LogP contribution is -2.37. The molecule has 142 valence electrons. The fraction of sp³-hybridized carbons (Fsp3) is 0.250. The van der Waals surface area contributed by atoms with Gasteiger partial charge in [0.15, 0.2) is 12.4 Å². The third-order valence-corrected chi connectivity index (χ3v) is 3.80. The van der Waals surface area contributed by atoms with Gasteiger partial charge in [0.2, 0.25) is 0 Å². The number of hydrogen-bond donors (Lipinski definition) is 2. The number of hydrogen-bond acceptors (Lipinski definition) is 4. The molecule has 0 fully saturated rings. The highest BCUT2D eigenvalue weighted by atomic mass is 19.1. The van der Waals surface area contributed by atoms with Gasteiger partial charge in [0, 0.05) is 12.1 Å². The van der Waals surface area contributed by atoms with E-state index >= 15 is 0 Å². The summed E-state index contributed by atoms with van der Waals surface area (Å²) in [4.78, 5) is 35.7. The van der Waals surface area contributed by atoms with Crippen LogP contribution in [0.25, 0.3) is 0 Å². The molecule has 6 nitrogen and oxygen atoms in total. The predicted molar refractivity (Wildman–Crippen MR) is 99.6 cm³/mol. The number of imide groups is 1. The molecule has 0 aliphatic carbocycles. The second-order valence-corrected chi connectivity index (χ2v) is 6.03. The Morgan fingerprint density at radius 1 is 1.07 bits per heavy atom. The highest BCUT2D eigenvalue weighted by molar-refractivity contribution is 6.02. The Bertz CT molecular complexity index is 880. The second kappa shape index (κ2) is 8.93. The van der Waals surface area contributed by atoms with Crippen molar-refractivity contribution in [2.45, 2.75) is 27.2 Å². The van der Waals surface area contributed by atoms with Crippen molar-refractivity contribution in [2.24, 2.45) is 0 Å². The topological polar surface area (TPSA) is 84.5 Å². The summed E-state index contributed by atoms with van der Waals surface area (Å²) in [5, 5.41) is 4.72. The van der Waals surface area contributed by atoms with Gasteiger partial charge in [0.1, 0.15) is 11.6 Å². The van der Waals surface area contributed by atoms with Crippen LogP contribution in [0.5, 0.6) is 5.75 Å². The molecule has 27 heavy (non-hydrogen) atoms. The van der Waals surface area contributed by atoms with E-state index in [0.717, 1.165) is 23.3 Å². The van der Waals surface area contributed by atoms with Gasteiger partial charge < -0.3 is 10.1 Å². The van der Waals surface area contributed by atoms with Crippen molar-refractivity contribution in [1.82, 2.24) is 5.32 Å². The summed E-state index contributed by atoms with van der Waals surface area (Å²) in [6.07, 6.45) is 0.171. The van der Waals surface area contributed by atoms with Crippen molar-refractivity contribution < 1.29 is 23.5 Å². The fourth-order valence-corrected chi connectivity index (χ4v) is 2.45. The summed E-state index contributed by atoms with van der Waals surface area (Å²) in [6.45, 7) is 4.93. The van der Waals surface area contributed by atoms with Crippen LogP contribution in [-0.2, 0) is 4.79 Å². The van der Waals surface area contributed by atoms with E-state index in [1.165, 1.54) is 6.07 Å². The van der Waals surface area contributed by atoms with Gasteiger partial charge in [0.05, 0.1) is 5.56 Å². The lowest BCUT2D eigenvalue weighted by Gasteiger charge is -2.12. The van der Waals surface area contributed by atoms with E-state index in [1.54, 1.807) is 13.0 Å². The van der Waals surface area contributed by atoms with E-state index in [2.05, 4.69) is 10.6 Å². The molecule has 0 atom stereocenters. The maximum absolute atomic E-state index is 13.3. The summed E-state index contributed by atoms with van der Waals surface area (Å²) in [6, 6.07) is 8.27. The van der Waals surface area contributed by atoms with Crippen LogP contribution in [0.1, 0.15) is 34.8 Å². The molecule has 0 spiro atoms. The average molecular weight is 372 g/mol. The summed E-state index contributed by atoms with van der Waals surface area (Å²) >= 11 is 0. The number of amides is 3. The number of ketones is 1. The van der Waals surface area contributed by atoms with E-state index in [-0.39, 0.29) is 23.5 Å². The normalized spacial score (nSPS) is 10.2. The molecule has 0 aliphatic rings. The van der Waals surface area contributed by atoms with Gasteiger partial charge in [-0.25, -0.2) is 9.18 Å². The standard InChI is InChI=1S/C20H21FN2O4/c1-4-17(24)15-10-14(21)6-8-18(15)27-11-19(25)23-20(26)22-16-7-5-12(2)9-13(16)3/h5-10H,4,11H2,1-3H3,(H2,22,23,25,26). The first-order chi connectivity index (χ1) is 12.8. The third kappa shape index (κ3) is 5.64. The van der Waals surface area contributed by atoms with Crippen LogP contribution in [-0.4, -0.2) is 24.3 Å². The maximum Gasteiger partial charge on any atom is 0.325 e. The highest BCUT2D eigenvalue weighted by Gasteiger charge is 2.15. The third-order valence-electron chi connectivity index (χ3n) is 3.80. The van der Waals surface area contributed by atoms with Crippen molar-refractivity contribution >= 4 is 23.4 Å². The minimum Gasteiger partial charge on any atom is -0.483 e. The largest absolute Gasteiger partial charge is 0.483 e. The first kappa shape index (κ1) is 20.1. The monoisotopic (exact) mass is 372 g/mol. The number of rotatable bonds is 6. The van der Waals surface area contributed by atoms with Crippen LogP contribution >= 0.6 is 0 Å². The number of aryl methyl sites for hydroxylation is 2. The zero-order chi connectivity index (χ0) is 20.0. The molecule has 0 unspecified atom stereocenters. The zero-order valence-corrected chi connectivity index (χ0v) is 15.4. The molecule has 7 heteroatoms. The summed E-state index contributed by atoms with van der Waals surface area (Å²) < 4.78 is 18.6. The molecule has 0 aromatic heterocycles. The SMILES string of the molecule is CCC(=O)c1cc(F)ccc1OCC(=O)NC(=O)Nc1ccc(C)cc1C. The number of ether oxygens (including phenoxy) is 1. The second-order valence-electron chi connectivity index (χ2n) is 6.03. The predicted octanol–water partition coefficient (Wildman–Crippen LogP) is 3.76. The molecule has 0 bridgehead atoms. The smallest absolute Gasteiger partial charge is 0.325 e. The van der Waals surface area contributed by atoms with Crippen LogP contribution in [0.2, 0.25) is 0 Å². The molecule has 2 aromatic carbocycles. The minimum absolute atomic E-state index is 0.0602. The number of Topliss-reactive ketones (excluding diaryl/α,β-unsaturated/α-hetero) is 1. The quantitative estimate of drug-likeness (QED) is 0.756. The number of carbonyl (C=O) groups excluding carboxylic acids is 3. The van der Waals surface area contributed by atoms with Gasteiger partial charge in [-0.1, -0.05) is 24.6 Å². The Morgan fingerprint density at radius 2 is 1.81 bits per heavy atom. The fourth-order valence-electron chi connectivity index (χ4n) is 2.45. The molecule has 0 saturated carbocycles. The van der Waals surface area contributed by atoms with Crippen molar-refractivity contribution in [3.63, 3.8) is 0 Å². The van der Waals surface area contributed by atoms with Crippen molar-refractivity contribution in [3.8, 4) is 5.75 Å². The highest BCUT2D eigenvalue weighted by Crippen LogP contribution is 2.21. The van der Waals surface area contributed by atoms with Crippen LogP contribution < -0.4 is 15.4 Å². The van der Waals surface area contributed by atoms with E-state index < -0.39 is 24.4 Å². The average Bonchev–Trinajstić information content (AvgIpc) is 2.62. The van der Waals surface area contributed by atoms with Gasteiger partial charge >= 0.3 is 6.03 Å². The molecule has 0 radical (unpaired) electrons. The van der Waals surface area contributed by atoms with E-state index in [9.17, 15) is 18.8 Å². The van der Waals surface area contributed by atoms with Crippen molar-refractivity contribution in [3.05, 3.63) is 58.9 Å². The Kier molecular flexibility index (Phi) is 6.65. The van der Waals surface area contributed by atoms with E-state index in [0.29, 0.717) is 5.69 Å². The van der Waals surface area contributed by atoms with Crippen molar-refractivity contribution in [2.75, 3.05) is 11.9 Å². The van der Waals surface area contributed by atoms with Gasteiger partial charge in [-0.3, -0.25) is 14.9 Å². The van der Waals surface area contributed by atoms with Gasteiger partial charge in [0.25, 0.3) is 5.91 Å². The Hall–Kier alpha value is -3.22. The molecular formula is C20H21FN2O4. The molecule has 2 N–H and O–H groups in total. The Morgan fingerprint density at radius 3 is 2.48 bits per heavy atom. The summed E-state index contributed by atoms with van der Waals surface area (Å²) in [5.41, 5.74) is 2.56. The molecule has 2 rings (SSSR count). The number of benzene rings is 2. The number of nitrogens with one attached hydrogen (secondary N) is 2.